The molecule has 0 spiro atoms. The van der Waals surface area contributed by atoms with E-state index in [2.05, 4.69) is 5.32 Å². The highest BCUT2D eigenvalue weighted by atomic mass is 19.4. The number of nitro benzene ring substituents is 1. The molecule has 0 saturated heterocycles. The molecule has 0 aliphatic heterocycles. The number of anilines is 1. The number of hydrogen-bond donors (Lipinski definition) is 2. The van der Waals surface area contributed by atoms with E-state index in [1.54, 1.807) is 6.92 Å². The van der Waals surface area contributed by atoms with Gasteiger partial charge in [-0.3, -0.25) is 10.1 Å². The van der Waals surface area contributed by atoms with Crippen molar-refractivity contribution in [3.05, 3.63) is 33.9 Å². The van der Waals surface area contributed by atoms with E-state index in [4.69, 9.17) is 0 Å². The second-order valence-corrected chi connectivity index (χ2v) is 4.61. The molecule has 20 heavy (non-hydrogen) atoms. The molecule has 0 amide bonds. The maximum atomic E-state index is 12.9. The monoisotopic (exact) mass is 292 g/mol. The van der Waals surface area contributed by atoms with Gasteiger partial charge < -0.3 is 10.4 Å². The standard InChI is InChI=1S/C12H15F3N2O3/c1-7(5-8(2)18)16-11-4-3-9(17(19)20)6-10(11)12(13,14)15/h3-4,6-8,16,18H,5H2,1-2H3. The molecule has 1 rings (SSSR count). The number of nitro groups is 1. The van der Waals surface area contributed by atoms with Crippen molar-refractivity contribution >= 4 is 11.4 Å². The molecule has 0 aliphatic rings. The Kier molecular flexibility index (Phi) is 4.93. The summed E-state index contributed by atoms with van der Waals surface area (Å²) in [6, 6.07) is 2.13. The molecule has 1 aromatic carbocycles. The number of nitrogens with zero attached hydrogens (tertiary/aromatic N) is 1. The van der Waals surface area contributed by atoms with Crippen molar-refractivity contribution in [2.45, 2.75) is 38.6 Å². The summed E-state index contributed by atoms with van der Waals surface area (Å²) in [6.45, 7) is 3.15. The Morgan fingerprint density at radius 3 is 2.45 bits per heavy atom. The van der Waals surface area contributed by atoms with E-state index in [1.807, 2.05) is 0 Å². The largest absolute Gasteiger partial charge is 0.418 e. The fraction of sp³-hybridized carbons (Fsp3) is 0.500. The average Bonchev–Trinajstić information content (AvgIpc) is 2.26. The maximum absolute atomic E-state index is 12.9. The molecule has 5 nitrogen and oxygen atoms in total. The van der Waals surface area contributed by atoms with Crippen LogP contribution in [-0.2, 0) is 6.18 Å². The Hall–Kier alpha value is -1.83. The quantitative estimate of drug-likeness (QED) is 0.645. The molecular weight excluding hydrogens is 277 g/mol. The van der Waals surface area contributed by atoms with Crippen molar-refractivity contribution in [1.29, 1.82) is 0 Å². The first-order valence-electron chi connectivity index (χ1n) is 5.91. The van der Waals surface area contributed by atoms with Crippen LogP contribution in [0.4, 0.5) is 24.5 Å². The van der Waals surface area contributed by atoms with E-state index in [0.717, 1.165) is 12.1 Å². The number of halogens is 3. The molecule has 0 fully saturated rings. The third-order valence-electron chi connectivity index (χ3n) is 2.62. The zero-order valence-corrected chi connectivity index (χ0v) is 10.9. The molecule has 2 N–H and O–H groups in total. The minimum Gasteiger partial charge on any atom is -0.393 e. The van der Waals surface area contributed by atoms with Gasteiger partial charge in [-0.1, -0.05) is 0 Å². The Morgan fingerprint density at radius 1 is 1.40 bits per heavy atom. The normalized spacial score (nSPS) is 14.7. The summed E-state index contributed by atoms with van der Waals surface area (Å²) in [6.07, 6.45) is -5.10. The summed E-state index contributed by atoms with van der Waals surface area (Å²) in [4.78, 5) is 9.67. The number of rotatable bonds is 5. The highest BCUT2D eigenvalue weighted by Crippen LogP contribution is 2.37. The SMILES string of the molecule is CC(O)CC(C)Nc1ccc([N+](=O)[O-])cc1C(F)(F)F. The van der Waals surface area contributed by atoms with Gasteiger partial charge >= 0.3 is 6.18 Å². The third kappa shape index (κ3) is 4.37. The van der Waals surface area contributed by atoms with Gasteiger partial charge in [0.05, 0.1) is 16.6 Å². The topological polar surface area (TPSA) is 75.4 Å². The summed E-state index contributed by atoms with van der Waals surface area (Å²) >= 11 is 0. The van der Waals surface area contributed by atoms with E-state index < -0.39 is 34.5 Å². The minimum absolute atomic E-state index is 0.240. The molecule has 0 saturated carbocycles. The molecule has 0 bridgehead atoms. The van der Waals surface area contributed by atoms with Crippen LogP contribution < -0.4 is 5.32 Å². The van der Waals surface area contributed by atoms with Crippen LogP contribution in [0.25, 0.3) is 0 Å². The summed E-state index contributed by atoms with van der Waals surface area (Å²) < 4.78 is 38.7. The summed E-state index contributed by atoms with van der Waals surface area (Å²) in [5.74, 6) is 0. The van der Waals surface area contributed by atoms with Crippen LogP contribution in [0.5, 0.6) is 0 Å². The van der Waals surface area contributed by atoms with Gasteiger partial charge in [0.1, 0.15) is 0 Å². The fourth-order valence-corrected chi connectivity index (χ4v) is 1.84. The summed E-state index contributed by atoms with van der Waals surface area (Å²) in [7, 11) is 0. The van der Waals surface area contributed by atoms with Gasteiger partial charge in [0.15, 0.2) is 0 Å². The molecule has 8 heteroatoms. The molecule has 1 aromatic rings. The van der Waals surface area contributed by atoms with Gasteiger partial charge in [0.25, 0.3) is 5.69 Å². The summed E-state index contributed by atoms with van der Waals surface area (Å²) in [5, 5.41) is 22.4. The molecule has 0 aliphatic carbocycles. The zero-order chi connectivity index (χ0) is 15.5. The highest BCUT2D eigenvalue weighted by Gasteiger charge is 2.35. The number of alkyl halides is 3. The second-order valence-electron chi connectivity index (χ2n) is 4.61. The predicted molar refractivity (Wildman–Crippen MR) is 67.5 cm³/mol. The van der Waals surface area contributed by atoms with E-state index in [1.165, 1.54) is 6.92 Å². The lowest BCUT2D eigenvalue weighted by Gasteiger charge is -2.20. The molecule has 0 heterocycles. The average molecular weight is 292 g/mol. The second kappa shape index (κ2) is 6.08. The Labute approximate surface area is 113 Å². The molecular formula is C12H15F3N2O3. The first-order chi connectivity index (χ1) is 9.11. The van der Waals surface area contributed by atoms with E-state index in [-0.39, 0.29) is 12.1 Å². The van der Waals surface area contributed by atoms with Crippen LogP contribution in [0, 0.1) is 10.1 Å². The highest BCUT2D eigenvalue weighted by molar-refractivity contribution is 5.57. The van der Waals surface area contributed by atoms with Crippen LogP contribution in [0.1, 0.15) is 25.8 Å². The van der Waals surface area contributed by atoms with Gasteiger partial charge in [-0.25, -0.2) is 0 Å². The van der Waals surface area contributed by atoms with Crippen LogP contribution in [0.2, 0.25) is 0 Å². The van der Waals surface area contributed by atoms with Crippen LogP contribution in [-0.4, -0.2) is 22.2 Å². The molecule has 112 valence electrons. The Morgan fingerprint density at radius 2 is 2.00 bits per heavy atom. The number of non-ortho nitro benzene ring substituents is 1. The van der Waals surface area contributed by atoms with Gasteiger partial charge in [0, 0.05) is 23.9 Å². The van der Waals surface area contributed by atoms with Gasteiger partial charge in [0.2, 0.25) is 0 Å². The van der Waals surface area contributed by atoms with Crippen molar-refractivity contribution < 1.29 is 23.2 Å². The number of aliphatic hydroxyl groups is 1. The van der Waals surface area contributed by atoms with Gasteiger partial charge in [-0.15, -0.1) is 0 Å². The van der Waals surface area contributed by atoms with E-state index >= 15 is 0 Å². The Balaban J connectivity index is 3.09. The fourth-order valence-electron chi connectivity index (χ4n) is 1.84. The van der Waals surface area contributed by atoms with E-state index in [9.17, 15) is 28.4 Å². The number of benzene rings is 1. The predicted octanol–water partition coefficient (Wildman–Crippen LogP) is 3.18. The van der Waals surface area contributed by atoms with Crippen molar-refractivity contribution in [3.63, 3.8) is 0 Å². The zero-order valence-electron chi connectivity index (χ0n) is 10.9. The lowest BCUT2D eigenvalue weighted by atomic mass is 10.1. The van der Waals surface area contributed by atoms with Crippen molar-refractivity contribution in [1.82, 2.24) is 0 Å². The van der Waals surface area contributed by atoms with E-state index in [0.29, 0.717) is 6.07 Å². The van der Waals surface area contributed by atoms with Crippen molar-refractivity contribution in [2.75, 3.05) is 5.32 Å². The third-order valence-corrected chi connectivity index (χ3v) is 2.62. The van der Waals surface area contributed by atoms with Gasteiger partial charge in [-0.05, 0) is 26.3 Å². The summed E-state index contributed by atoms with van der Waals surface area (Å²) in [5.41, 5.74) is -1.95. The molecule has 0 aromatic heterocycles. The van der Waals surface area contributed by atoms with Crippen LogP contribution >= 0.6 is 0 Å². The minimum atomic E-state index is -4.70. The lowest BCUT2D eigenvalue weighted by Crippen LogP contribution is -2.22. The molecule has 0 radical (unpaired) electrons. The number of aliphatic hydroxyl groups excluding tert-OH is 1. The molecule has 2 unspecified atom stereocenters. The Bertz CT molecular complexity index is 489. The van der Waals surface area contributed by atoms with Crippen molar-refractivity contribution in [2.24, 2.45) is 0 Å². The van der Waals surface area contributed by atoms with Crippen LogP contribution in [0.15, 0.2) is 18.2 Å². The van der Waals surface area contributed by atoms with Crippen molar-refractivity contribution in [3.8, 4) is 0 Å². The first-order valence-corrected chi connectivity index (χ1v) is 5.91. The number of hydrogen-bond acceptors (Lipinski definition) is 4. The van der Waals surface area contributed by atoms with Gasteiger partial charge in [-0.2, -0.15) is 13.2 Å². The maximum Gasteiger partial charge on any atom is 0.418 e. The lowest BCUT2D eigenvalue weighted by molar-refractivity contribution is -0.385. The number of nitrogens with one attached hydrogen (secondary N) is 1. The molecule has 2 atom stereocenters. The smallest absolute Gasteiger partial charge is 0.393 e. The first kappa shape index (κ1) is 16.2. The van der Waals surface area contributed by atoms with Crippen LogP contribution in [0.3, 0.4) is 0 Å².